The van der Waals surface area contributed by atoms with Gasteiger partial charge in [0.1, 0.15) is 0 Å². The van der Waals surface area contributed by atoms with E-state index in [2.05, 4.69) is 96.2 Å². The zero-order valence-electron chi connectivity index (χ0n) is 16.6. The Morgan fingerprint density at radius 2 is 0.800 bits per heavy atom. The van der Waals surface area contributed by atoms with Gasteiger partial charge in [0.05, 0.1) is 0 Å². The van der Waals surface area contributed by atoms with E-state index >= 15 is 0 Å². The van der Waals surface area contributed by atoms with Crippen molar-refractivity contribution in [3.63, 3.8) is 0 Å². The minimum absolute atomic E-state index is 0. The van der Waals surface area contributed by atoms with Crippen molar-refractivity contribution in [1.29, 1.82) is 0 Å². The molecule has 0 aliphatic heterocycles. The van der Waals surface area contributed by atoms with Gasteiger partial charge in [0.15, 0.2) is 0 Å². The summed E-state index contributed by atoms with van der Waals surface area (Å²) in [4.78, 5) is 0. The van der Waals surface area contributed by atoms with Gasteiger partial charge in [0, 0.05) is 0 Å². The van der Waals surface area contributed by atoms with E-state index in [1.54, 1.807) is 0 Å². The van der Waals surface area contributed by atoms with E-state index in [1.165, 1.54) is 16.7 Å². The molecular weight excluding hydrogens is 451 g/mol. The molecule has 139 valence electrons. The standard InChI is InChI=1S/3C8H11.Dy/c3*1-7(2)8-5-3-4-6-8;/h3*3,5,7H,4H2,1-2H3;/q3*-1;+3. The molecular formula is C24H33Dy. The molecule has 0 N–H and O–H groups in total. The number of rotatable bonds is 3. The maximum absolute atomic E-state index is 3.26. The van der Waals surface area contributed by atoms with E-state index < -0.39 is 0 Å². The van der Waals surface area contributed by atoms with Crippen LogP contribution in [0.4, 0.5) is 0 Å². The molecule has 25 heavy (non-hydrogen) atoms. The fourth-order valence-electron chi connectivity index (χ4n) is 2.45. The van der Waals surface area contributed by atoms with Gasteiger partial charge in [-0.1, -0.05) is 59.3 Å². The van der Waals surface area contributed by atoms with Gasteiger partial charge in [-0.25, -0.2) is 34.9 Å². The van der Waals surface area contributed by atoms with Crippen molar-refractivity contribution in [1.82, 2.24) is 0 Å². The van der Waals surface area contributed by atoms with E-state index in [4.69, 9.17) is 0 Å². The molecule has 0 fully saturated rings. The monoisotopic (exact) mass is 485 g/mol. The van der Waals surface area contributed by atoms with E-state index in [1.807, 2.05) is 0 Å². The van der Waals surface area contributed by atoms with Gasteiger partial charge in [0.25, 0.3) is 0 Å². The van der Waals surface area contributed by atoms with E-state index in [-0.39, 0.29) is 38.2 Å². The summed E-state index contributed by atoms with van der Waals surface area (Å²) >= 11 is 0. The minimum atomic E-state index is 0. The second-order valence-corrected chi connectivity index (χ2v) is 7.18. The van der Waals surface area contributed by atoms with Crippen molar-refractivity contribution >= 4 is 0 Å². The van der Waals surface area contributed by atoms with Crippen molar-refractivity contribution < 1.29 is 38.2 Å². The third-order valence-electron chi connectivity index (χ3n) is 4.03. The molecule has 0 saturated carbocycles. The van der Waals surface area contributed by atoms with Crippen LogP contribution in [-0.2, 0) is 0 Å². The van der Waals surface area contributed by atoms with Crippen molar-refractivity contribution in [2.45, 2.75) is 60.8 Å². The Morgan fingerprint density at radius 3 is 0.880 bits per heavy atom. The zero-order valence-corrected chi connectivity index (χ0v) is 18.7. The molecule has 0 spiro atoms. The summed E-state index contributed by atoms with van der Waals surface area (Å²) in [5.74, 6) is 1.98. The molecule has 0 aromatic heterocycles. The Kier molecular flexibility index (Phi) is 13.7. The van der Waals surface area contributed by atoms with Crippen molar-refractivity contribution in [3.05, 3.63) is 71.4 Å². The molecule has 0 atom stereocenters. The fourth-order valence-corrected chi connectivity index (χ4v) is 2.45. The molecule has 3 aliphatic carbocycles. The average Bonchev–Trinajstić information content (AvgIpc) is 3.29. The molecule has 0 unspecified atom stereocenters. The van der Waals surface area contributed by atoms with Crippen LogP contribution in [0.1, 0.15) is 60.8 Å². The van der Waals surface area contributed by atoms with Crippen LogP contribution >= 0.6 is 0 Å². The van der Waals surface area contributed by atoms with Crippen LogP contribution in [0.25, 0.3) is 0 Å². The van der Waals surface area contributed by atoms with Crippen LogP contribution in [0.5, 0.6) is 0 Å². The molecule has 3 aliphatic rings. The molecule has 1 heteroatoms. The Hall–Kier alpha value is -0.287. The number of allylic oxidation sites excluding steroid dienone is 12. The van der Waals surface area contributed by atoms with Gasteiger partial charge in [0.2, 0.25) is 0 Å². The summed E-state index contributed by atoms with van der Waals surface area (Å²) in [7, 11) is 0. The molecule has 0 saturated heterocycles. The predicted molar refractivity (Wildman–Crippen MR) is 106 cm³/mol. The van der Waals surface area contributed by atoms with Crippen LogP contribution < -0.4 is 0 Å². The topological polar surface area (TPSA) is 0 Å². The first-order valence-electron chi connectivity index (χ1n) is 9.23. The van der Waals surface area contributed by atoms with Gasteiger partial charge >= 0.3 is 38.2 Å². The Labute approximate surface area is 187 Å². The third kappa shape index (κ3) is 10.4. The largest absolute Gasteiger partial charge is 3.00 e. The second-order valence-electron chi connectivity index (χ2n) is 7.18. The summed E-state index contributed by atoms with van der Waals surface area (Å²) in [6.45, 7) is 13.2. The minimum Gasteiger partial charge on any atom is -0.269 e. The molecule has 0 bridgehead atoms. The van der Waals surface area contributed by atoms with Crippen LogP contribution in [0.15, 0.2) is 53.2 Å². The van der Waals surface area contributed by atoms with Crippen LogP contribution in [0.2, 0.25) is 0 Å². The Morgan fingerprint density at radius 1 is 0.560 bits per heavy atom. The average molecular weight is 484 g/mol. The summed E-state index contributed by atoms with van der Waals surface area (Å²) in [5.41, 5.74) is 4.10. The Bertz CT molecular complexity index is 468. The molecule has 0 nitrogen and oxygen atoms in total. The van der Waals surface area contributed by atoms with Gasteiger partial charge in [-0.2, -0.15) is 18.2 Å². The first kappa shape index (κ1) is 24.7. The zero-order chi connectivity index (χ0) is 17.9. The smallest absolute Gasteiger partial charge is 0.269 e. The number of hydrogen-bond donors (Lipinski definition) is 0. The quantitative estimate of drug-likeness (QED) is 0.379. The first-order valence-corrected chi connectivity index (χ1v) is 9.23. The third-order valence-corrected chi connectivity index (χ3v) is 4.03. The molecule has 3 rings (SSSR count). The van der Waals surface area contributed by atoms with E-state index in [0.29, 0.717) is 17.8 Å². The predicted octanol–water partition coefficient (Wildman–Crippen LogP) is 7.00. The van der Waals surface area contributed by atoms with E-state index in [0.717, 1.165) is 19.3 Å². The second kappa shape index (κ2) is 13.9. The summed E-state index contributed by atoms with van der Waals surface area (Å²) in [6.07, 6.45) is 25.8. The summed E-state index contributed by atoms with van der Waals surface area (Å²) in [6, 6.07) is 0. The molecule has 0 heterocycles. The molecule has 1 radical (unpaired) electrons. The normalized spacial score (nSPS) is 16.9. The van der Waals surface area contributed by atoms with Gasteiger partial charge < -0.3 is 0 Å². The van der Waals surface area contributed by atoms with Crippen molar-refractivity contribution in [3.8, 4) is 0 Å². The SMILES string of the molecule is CC(C)C1=[C-]CC=C1.CC(C)C1=[C-]CC=C1.CC(C)C1=[C-]CC=C1.[Dy+3]. The maximum atomic E-state index is 3.26. The van der Waals surface area contributed by atoms with Crippen LogP contribution in [0.3, 0.4) is 0 Å². The van der Waals surface area contributed by atoms with Crippen molar-refractivity contribution in [2.24, 2.45) is 17.8 Å². The molecule has 0 amide bonds. The number of hydrogen-bond acceptors (Lipinski definition) is 0. The Balaban J connectivity index is 0.000000339. The molecule has 0 aromatic carbocycles. The first-order chi connectivity index (χ1) is 11.4. The van der Waals surface area contributed by atoms with Crippen LogP contribution in [-0.4, -0.2) is 0 Å². The van der Waals surface area contributed by atoms with Crippen molar-refractivity contribution in [2.75, 3.05) is 0 Å². The summed E-state index contributed by atoms with van der Waals surface area (Å²) < 4.78 is 0. The maximum Gasteiger partial charge on any atom is 3.00 e. The van der Waals surface area contributed by atoms with Crippen LogP contribution in [0, 0.1) is 74.2 Å². The van der Waals surface area contributed by atoms with Gasteiger partial charge in [-0.3, -0.25) is 18.2 Å². The van der Waals surface area contributed by atoms with Gasteiger partial charge in [-0.05, 0) is 0 Å². The fraction of sp³-hybridized carbons (Fsp3) is 0.500. The van der Waals surface area contributed by atoms with Gasteiger partial charge in [-0.15, -0.1) is 19.3 Å². The summed E-state index contributed by atoms with van der Waals surface area (Å²) in [5, 5.41) is 0. The molecule has 0 aromatic rings. The van der Waals surface area contributed by atoms with E-state index in [9.17, 15) is 0 Å².